The topological polar surface area (TPSA) is 129 Å². The Morgan fingerprint density at radius 1 is 1.11 bits per heavy atom. The molecule has 0 spiro atoms. The molecule has 3 rings (SSSR count). The standard InChI is InChI=1S/C16H8ClN5O3S2/c17-14-6-12(2-1-10(14)7-18)25-15-4-3-13(5-11(15)8-19)27(23,24)22-16-21-20-9-26-16/h1-6,9H,(H,21,22). The molecule has 27 heavy (non-hydrogen) atoms. The third kappa shape index (κ3) is 4.15. The van der Waals surface area contributed by atoms with Gasteiger partial charge in [0.2, 0.25) is 5.13 Å². The second-order valence-corrected chi connectivity index (χ2v) is 7.90. The molecular formula is C16H8ClN5O3S2. The van der Waals surface area contributed by atoms with Crippen molar-refractivity contribution < 1.29 is 13.2 Å². The number of rotatable bonds is 5. The molecule has 0 amide bonds. The number of nitrogens with zero attached hydrogens (tertiary/aromatic N) is 4. The van der Waals surface area contributed by atoms with Gasteiger partial charge in [0.1, 0.15) is 29.1 Å². The smallest absolute Gasteiger partial charge is 0.263 e. The zero-order valence-corrected chi connectivity index (χ0v) is 15.6. The first kappa shape index (κ1) is 18.6. The predicted octanol–water partition coefficient (Wildman–Crippen LogP) is 3.53. The van der Waals surface area contributed by atoms with Gasteiger partial charge in [0.25, 0.3) is 10.0 Å². The van der Waals surface area contributed by atoms with Gasteiger partial charge in [0, 0.05) is 6.07 Å². The van der Waals surface area contributed by atoms with E-state index in [1.165, 1.54) is 41.9 Å². The van der Waals surface area contributed by atoms with Crippen LogP contribution in [0.4, 0.5) is 5.13 Å². The lowest BCUT2D eigenvalue weighted by molar-refractivity contribution is 0.480. The lowest BCUT2D eigenvalue weighted by Crippen LogP contribution is -2.13. The Bertz CT molecular complexity index is 1180. The van der Waals surface area contributed by atoms with E-state index >= 15 is 0 Å². The quantitative estimate of drug-likeness (QED) is 0.672. The molecule has 0 aliphatic carbocycles. The van der Waals surface area contributed by atoms with Gasteiger partial charge < -0.3 is 4.74 Å². The minimum absolute atomic E-state index is 0.00983. The minimum Gasteiger partial charge on any atom is -0.456 e. The van der Waals surface area contributed by atoms with Crippen LogP contribution in [0, 0.1) is 22.7 Å². The third-order valence-electron chi connectivity index (χ3n) is 3.25. The molecule has 11 heteroatoms. The summed E-state index contributed by atoms with van der Waals surface area (Å²) in [6, 6.07) is 12.1. The van der Waals surface area contributed by atoms with Crippen LogP contribution in [-0.4, -0.2) is 18.6 Å². The first-order valence-corrected chi connectivity index (χ1v) is 9.87. The highest BCUT2D eigenvalue weighted by molar-refractivity contribution is 7.93. The molecule has 0 bridgehead atoms. The third-order valence-corrected chi connectivity index (χ3v) is 5.64. The first-order chi connectivity index (χ1) is 12.9. The molecule has 8 nitrogen and oxygen atoms in total. The zero-order valence-electron chi connectivity index (χ0n) is 13.2. The van der Waals surface area contributed by atoms with Crippen LogP contribution >= 0.6 is 22.9 Å². The fourth-order valence-corrected chi connectivity index (χ4v) is 3.95. The molecule has 0 atom stereocenters. The molecule has 3 aromatic rings. The number of sulfonamides is 1. The highest BCUT2D eigenvalue weighted by Crippen LogP contribution is 2.30. The van der Waals surface area contributed by atoms with Gasteiger partial charge in [-0.2, -0.15) is 10.5 Å². The summed E-state index contributed by atoms with van der Waals surface area (Å²) in [5.74, 6) is 0.450. The van der Waals surface area contributed by atoms with Crippen molar-refractivity contribution in [1.82, 2.24) is 10.2 Å². The highest BCUT2D eigenvalue weighted by atomic mass is 35.5. The van der Waals surface area contributed by atoms with Gasteiger partial charge in [0.15, 0.2) is 0 Å². The van der Waals surface area contributed by atoms with Gasteiger partial charge in [-0.3, -0.25) is 4.72 Å². The predicted molar refractivity (Wildman–Crippen MR) is 98.1 cm³/mol. The number of hydrogen-bond donors (Lipinski definition) is 1. The Morgan fingerprint density at radius 3 is 2.52 bits per heavy atom. The van der Waals surface area contributed by atoms with E-state index in [1.807, 2.05) is 12.1 Å². The van der Waals surface area contributed by atoms with Gasteiger partial charge in [-0.05, 0) is 30.3 Å². The van der Waals surface area contributed by atoms with E-state index in [1.54, 1.807) is 0 Å². The summed E-state index contributed by atoms with van der Waals surface area (Å²) in [5.41, 5.74) is 1.68. The number of halogens is 1. The maximum Gasteiger partial charge on any atom is 0.263 e. The summed E-state index contributed by atoms with van der Waals surface area (Å²) in [4.78, 5) is -0.125. The van der Waals surface area contributed by atoms with Crippen LogP contribution < -0.4 is 9.46 Å². The molecule has 1 heterocycles. The van der Waals surface area contributed by atoms with E-state index in [9.17, 15) is 13.7 Å². The molecule has 2 aromatic carbocycles. The Morgan fingerprint density at radius 2 is 1.89 bits per heavy atom. The summed E-state index contributed by atoms with van der Waals surface area (Å²) in [5, 5.41) is 25.7. The van der Waals surface area contributed by atoms with Gasteiger partial charge in [-0.15, -0.1) is 10.2 Å². The van der Waals surface area contributed by atoms with Crippen molar-refractivity contribution in [2.24, 2.45) is 0 Å². The van der Waals surface area contributed by atoms with Crippen LogP contribution in [0.15, 0.2) is 46.8 Å². The van der Waals surface area contributed by atoms with Crippen molar-refractivity contribution in [2.75, 3.05) is 4.72 Å². The fraction of sp³-hybridized carbons (Fsp3) is 0. The second-order valence-electron chi connectivity index (χ2n) is 4.97. The van der Waals surface area contributed by atoms with Crippen LogP contribution in [-0.2, 0) is 10.0 Å². The van der Waals surface area contributed by atoms with Gasteiger partial charge in [0.05, 0.1) is 21.0 Å². The lowest BCUT2D eigenvalue weighted by Gasteiger charge is -2.10. The van der Waals surface area contributed by atoms with Crippen molar-refractivity contribution in [2.45, 2.75) is 4.90 Å². The monoisotopic (exact) mass is 417 g/mol. The number of ether oxygens (including phenoxy) is 1. The molecular weight excluding hydrogens is 410 g/mol. The van der Waals surface area contributed by atoms with Crippen molar-refractivity contribution in [3.8, 4) is 23.6 Å². The number of nitriles is 2. The molecule has 1 N–H and O–H groups in total. The van der Waals surface area contributed by atoms with Gasteiger partial charge in [-0.25, -0.2) is 8.42 Å². The molecule has 0 saturated carbocycles. The van der Waals surface area contributed by atoms with Crippen molar-refractivity contribution in [1.29, 1.82) is 10.5 Å². The Hall–Kier alpha value is -3.18. The lowest BCUT2D eigenvalue weighted by atomic mass is 10.2. The maximum absolute atomic E-state index is 12.4. The average Bonchev–Trinajstić information content (AvgIpc) is 3.14. The summed E-state index contributed by atoms with van der Waals surface area (Å²) in [6.07, 6.45) is 0. The summed E-state index contributed by atoms with van der Waals surface area (Å²) < 4.78 is 32.6. The van der Waals surface area contributed by atoms with Crippen LogP contribution in [0.2, 0.25) is 5.02 Å². The normalized spacial score (nSPS) is 10.6. The first-order valence-electron chi connectivity index (χ1n) is 7.13. The molecule has 0 saturated heterocycles. The van der Waals surface area contributed by atoms with Gasteiger partial charge in [-0.1, -0.05) is 22.9 Å². The van der Waals surface area contributed by atoms with Crippen LogP contribution in [0.1, 0.15) is 11.1 Å². The second kappa shape index (κ2) is 7.60. The van der Waals surface area contributed by atoms with Crippen molar-refractivity contribution in [3.05, 3.63) is 58.1 Å². The highest BCUT2D eigenvalue weighted by Gasteiger charge is 2.18. The molecule has 134 valence electrons. The van der Waals surface area contributed by atoms with E-state index in [2.05, 4.69) is 14.9 Å². The summed E-state index contributed by atoms with van der Waals surface area (Å²) in [6.45, 7) is 0. The Labute approximate surface area is 163 Å². The van der Waals surface area contributed by atoms with Crippen LogP contribution in [0.25, 0.3) is 0 Å². The number of hydrogen-bond acceptors (Lipinski definition) is 8. The van der Waals surface area contributed by atoms with Crippen LogP contribution in [0.3, 0.4) is 0 Å². The SMILES string of the molecule is N#Cc1ccc(Oc2ccc(S(=O)(=O)Nc3nncs3)cc2C#N)cc1Cl. The molecule has 0 fully saturated rings. The van der Waals surface area contributed by atoms with E-state index in [0.29, 0.717) is 5.75 Å². The molecule has 1 aromatic heterocycles. The molecule has 0 radical (unpaired) electrons. The van der Waals surface area contributed by atoms with Crippen molar-refractivity contribution in [3.63, 3.8) is 0 Å². The number of nitrogens with one attached hydrogen (secondary N) is 1. The van der Waals surface area contributed by atoms with Gasteiger partial charge >= 0.3 is 0 Å². The summed E-state index contributed by atoms with van der Waals surface area (Å²) in [7, 11) is -3.93. The minimum atomic E-state index is -3.93. The summed E-state index contributed by atoms with van der Waals surface area (Å²) >= 11 is 6.98. The molecule has 0 aliphatic heterocycles. The van der Waals surface area contributed by atoms with Crippen LogP contribution in [0.5, 0.6) is 11.5 Å². The maximum atomic E-state index is 12.4. The largest absolute Gasteiger partial charge is 0.456 e. The Kier molecular flexibility index (Phi) is 5.23. The fourth-order valence-electron chi connectivity index (χ4n) is 2.02. The molecule has 0 aliphatic rings. The van der Waals surface area contributed by atoms with E-state index in [0.717, 1.165) is 11.3 Å². The van der Waals surface area contributed by atoms with Crippen molar-refractivity contribution >= 4 is 38.1 Å². The molecule has 0 unspecified atom stereocenters. The average molecular weight is 418 g/mol. The van der Waals surface area contributed by atoms with E-state index in [4.69, 9.17) is 21.6 Å². The number of aromatic nitrogens is 2. The van der Waals surface area contributed by atoms with E-state index < -0.39 is 10.0 Å². The number of benzene rings is 2. The zero-order chi connectivity index (χ0) is 19.4. The van der Waals surface area contributed by atoms with E-state index in [-0.39, 0.29) is 31.9 Å². The number of anilines is 1. The Balaban J connectivity index is 1.90.